The molecule has 0 radical (unpaired) electrons. The van der Waals surface area contributed by atoms with E-state index in [2.05, 4.69) is 43.0 Å². The van der Waals surface area contributed by atoms with Gasteiger partial charge in [-0.05, 0) is 36.6 Å². The average Bonchev–Trinajstić information content (AvgIpc) is 2.29. The Morgan fingerprint density at radius 2 is 1.82 bits per heavy atom. The summed E-state index contributed by atoms with van der Waals surface area (Å²) in [5.74, 6) is 0.553. The first-order valence-electron chi connectivity index (χ1n) is 6.23. The maximum atomic E-state index is 9.70. The highest BCUT2D eigenvalue weighted by molar-refractivity contribution is 5.47. The number of aliphatic hydroxyl groups excluding tert-OH is 1. The second-order valence-electron chi connectivity index (χ2n) is 4.86. The van der Waals surface area contributed by atoms with Crippen LogP contribution in [0.1, 0.15) is 31.7 Å². The summed E-state index contributed by atoms with van der Waals surface area (Å²) >= 11 is 0. The van der Waals surface area contributed by atoms with Crippen LogP contribution in [0.4, 0.5) is 5.69 Å². The van der Waals surface area contributed by atoms with Gasteiger partial charge in [0, 0.05) is 19.3 Å². The maximum Gasteiger partial charge on any atom is 0.0726 e. The lowest BCUT2D eigenvalue weighted by atomic mass is 10.0. The second-order valence-corrected chi connectivity index (χ2v) is 4.86. The standard InChI is InChI=1S/C14H24N2O/c1-11(2)12-4-6-13(7-5-12)16(3)10-14(17)8-9-15/h4-7,11,14,17H,8-10,15H2,1-3H3. The van der Waals surface area contributed by atoms with Crippen LogP contribution in [-0.4, -0.2) is 31.3 Å². The first-order valence-corrected chi connectivity index (χ1v) is 6.23. The van der Waals surface area contributed by atoms with Gasteiger partial charge in [-0.2, -0.15) is 0 Å². The summed E-state index contributed by atoms with van der Waals surface area (Å²) in [5.41, 5.74) is 7.89. The Balaban J connectivity index is 2.60. The van der Waals surface area contributed by atoms with E-state index in [9.17, 15) is 5.11 Å². The predicted molar refractivity (Wildman–Crippen MR) is 73.5 cm³/mol. The molecule has 96 valence electrons. The van der Waals surface area contributed by atoms with E-state index in [1.165, 1.54) is 5.56 Å². The van der Waals surface area contributed by atoms with Crippen LogP contribution in [0.3, 0.4) is 0 Å². The molecule has 3 nitrogen and oxygen atoms in total. The topological polar surface area (TPSA) is 49.5 Å². The summed E-state index contributed by atoms with van der Waals surface area (Å²) in [6, 6.07) is 8.49. The molecular weight excluding hydrogens is 212 g/mol. The van der Waals surface area contributed by atoms with Crippen molar-refractivity contribution in [2.45, 2.75) is 32.3 Å². The van der Waals surface area contributed by atoms with Crippen molar-refractivity contribution in [1.82, 2.24) is 0 Å². The zero-order valence-corrected chi connectivity index (χ0v) is 11.1. The molecule has 1 unspecified atom stereocenters. The minimum Gasteiger partial charge on any atom is -0.391 e. The average molecular weight is 236 g/mol. The normalized spacial score (nSPS) is 12.8. The van der Waals surface area contributed by atoms with E-state index in [0.29, 0.717) is 25.4 Å². The summed E-state index contributed by atoms with van der Waals surface area (Å²) < 4.78 is 0. The summed E-state index contributed by atoms with van der Waals surface area (Å²) in [6.07, 6.45) is 0.295. The minimum absolute atomic E-state index is 0.352. The van der Waals surface area contributed by atoms with Crippen LogP contribution in [0, 0.1) is 0 Å². The van der Waals surface area contributed by atoms with E-state index in [1.807, 2.05) is 7.05 Å². The van der Waals surface area contributed by atoms with Gasteiger partial charge in [0.15, 0.2) is 0 Å². The number of aliphatic hydroxyl groups is 1. The summed E-state index contributed by atoms with van der Waals surface area (Å²) in [7, 11) is 1.99. The number of hydrogen-bond donors (Lipinski definition) is 2. The van der Waals surface area contributed by atoms with Gasteiger partial charge in [0.2, 0.25) is 0 Å². The largest absolute Gasteiger partial charge is 0.391 e. The molecule has 3 heteroatoms. The van der Waals surface area contributed by atoms with Gasteiger partial charge in [-0.25, -0.2) is 0 Å². The van der Waals surface area contributed by atoms with Crippen molar-refractivity contribution in [2.24, 2.45) is 5.73 Å². The van der Waals surface area contributed by atoms with Crippen LogP contribution < -0.4 is 10.6 Å². The summed E-state index contributed by atoms with van der Waals surface area (Å²) in [4.78, 5) is 2.06. The van der Waals surface area contributed by atoms with Gasteiger partial charge in [-0.3, -0.25) is 0 Å². The fourth-order valence-electron chi connectivity index (χ4n) is 1.82. The lowest BCUT2D eigenvalue weighted by Gasteiger charge is -2.23. The lowest BCUT2D eigenvalue weighted by Crippen LogP contribution is -2.30. The molecular formula is C14H24N2O. The molecule has 0 aliphatic carbocycles. The Morgan fingerprint density at radius 1 is 1.24 bits per heavy atom. The van der Waals surface area contributed by atoms with Crippen LogP contribution in [0.15, 0.2) is 24.3 Å². The molecule has 1 atom stereocenters. The van der Waals surface area contributed by atoms with Crippen molar-refractivity contribution in [3.8, 4) is 0 Å². The van der Waals surface area contributed by atoms with E-state index in [0.717, 1.165) is 5.69 Å². The maximum absolute atomic E-state index is 9.70. The number of hydrogen-bond acceptors (Lipinski definition) is 3. The predicted octanol–water partition coefficient (Wildman–Crippen LogP) is 1.96. The number of nitrogens with two attached hydrogens (primary N) is 1. The van der Waals surface area contributed by atoms with E-state index in [-0.39, 0.29) is 6.10 Å². The summed E-state index contributed by atoms with van der Waals surface area (Å²) in [6.45, 7) is 5.52. The van der Waals surface area contributed by atoms with Crippen molar-refractivity contribution in [3.63, 3.8) is 0 Å². The molecule has 0 aliphatic heterocycles. The third-order valence-electron chi connectivity index (χ3n) is 2.99. The molecule has 17 heavy (non-hydrogen) atoms. The van der Waals surface area contributed by atoms with Crippen LogP contribution in [0.2, 0.25) is 0 Å². The minimum atomic E-state index is -0.352. The molecule has 0 fully saturated rings. The Hall–Kier alpha value is -1.06. The third-order valence-corrected chi connectivity index (χ3v) is 2.99. The van der Waals surface area contributed by atoms with E-state index < -0.39 is 0 Å². The zero-order chi connectivity index (χ0) is 12.8. The van der Waals surface area contributed by atoms with Crippen LogP contribution in [0.5, 0.6) is 0 Å². The summed E-state index contributed by atoms with van der Waals surface area (Å²) in [5, 5.41) is 9.70. The Morgan fingerprint density at radius 3 is 2.29 bits per heavy atom. The Kier molecular flexibility index (Phi) is 5.45. The van der Waals surface area contributed by atoms with Crippen molar-refractivity contribution >= 4 is 5.69 Å². The van der Waals surface area contributed by atoms with E-state index >= 15 is 0 Å². The molecule has 0 amide bonds. The van der Waals surface area contributed by atoms with Crippen molar-refractivity contribution in [1.29, 1.82) is 0 Å². The van der Waals surface area contributed by atoms with Crippen molar-refractivity contribution < 1.29 is 5.11 Å². The SMILES string of the molecule is CC(C)c1ccc(N(C)CC(O)CCN)cc1. The van der Waals surface area contributed by atoms with Crippen molar-refractivity contribution in [3.05, 3.63) is 29.8 Å². The van der Waals surface area contributed by atoms with Crippen LogP contribution in [-0.2, 0) is 0 Å². The van der Waals surface area contributed by atoms with Gasteiger partial charge in [0.1, 0.15) is 0 Å². The lowest BCUT2D eigenvalue weighted by molar-refractivity contribution is 0.174. The molecule has 0 spiro atoms. The van der Waals surface area contributed by atoms with Gasteiger partial charge in [-0.15, -0.1) is 0 Å². The number of likely N-dealkylation sites (N-methyl/N-ethyl adjacent to an activating group) is 1. The highest BCUT2D eigenvalue weighted by Crippen LogP contribution is 2.19. The van der Waals surface area contributed by atoms with Gasteiger partial charge < -0.3 is 15.7 Å². The molecule has 0 saturated heterocycles. The van der Waals surface area contributed by atoms with E-state index in [1.54, 1.807) is 0 Å². The highest BCUT2D eigenvalue weighted by atomic mass is 16.3. The molecule has 3 N–H and O–H groups in total. The number of nitrogens with zero attached hydrogens (tertiary/aromatic N) is 1. The zero-order valence-electron chi connectivity index (χ0n) is 11.1. The first-order chi connectivity index (χ1) is 8.04. The molecule has 1 aromatic rings. The molecule has 1 rings (SSSR count). The van der Waals surface area contributed by atoms with Gasteiger partial charge in [0.25, 0.3) is 0 Å². The molecule has 0 saturated carbocycles. The van der Waals surface area contributed by atoms with Gasteiger partial charge in [-0.1, -0.05) is 26.0 Å². The molecule has 0 bridgehead atoms. The van der Waals surface area contributed by atoms with Crippen LogP contribution in [0.25, 0.3) is 0 Å². The number of anilines is 1. The highest BCUT2D eigenvalue weighted by Gasteiger charge is 2.08. The number of rotatable bonds is 6. The number of benzene rings is 1. The quantitative estimate of drug-likeness (QED) is 0.794. The van der Waals surface area contributed by atoms with Gasteiger partial charge >= 0.3 is 0 Å². The van der Waals surface area contributed by atoms with Crippen LogP contribution >= 0.6 is 0 Å². The fraction of sp³-hybridized carbons (Fsp3) is 0.571. The molecule has 0 aromatic heterocycles. The smallest absolute Gasteiger partial charge is 0.0726 e. The fourth-order valence-corrected chi connectivity index (χ4v) is 1.82. The Bertz CT molecular complexity index is 321. The molecule has 0 heterocycles. The van der Waals surface area contributed by atoms with E-state index in [4.69, 9.17) is 5.73 Å². The monoisotopic (exact) mass is 236 g/mol. The molecule has 1 aromatic carbocycles. The first kappa shape index (κ1) is 14.0. The Labute approximate surface area is 104 Å². The third kappa shape index (κ3) is 4.36. The molecule has 0 aliphatic rings. The van der Waals surface area contributed by atoms with Gasteiger partial charge in [0.05, 0.1) is 6.10 Å². The second kappa shape index (κ2) is 6.62. The van der Waals surface area contributed by atoms with Crippen molar-refractivity contribution in [2.75, 3.05) is 25.0 Å².